The van der Waals surface area contributed by atoms with Crippen molar-refractivity contribution in [2.45, 2.75) is 0 Å². The summed E-state index contributed by atoms with van der Waals surface area (Å²) in [5.41, 5.74) is 9.57. The van der Waals surface area contributed by atoms with Crippen molar-refractivity contribution in [3.8, 4) is 22.9 Å². The van der Waals surface area contributed by atoms with Gasteiger partial charge in [-0.25, -0.2) is 9.97 Å². The van der Waals surface area contributed by atoms with Gasteiger partial charge in [-0.05, 0) is 59.3 Å². The van der Waals surface area contributed by atoms with Crippen molar-refractivity contribution < 1.29 is 4.42 Å². The van der Waals surface area contributed by atoms with Gasteiger partial charge >= 0.3 is 0 Å². The summed E-state index contributed by atoms with van der Waals surface area (Å²) in [6.07, 6.45) is 0. The van der Waals surface area contributed by atoms with Gasteiger partial charge in [-0.3, -0.25) is 4.57 Å². The predicted octanol–water partition coefficient (Wildman–Crippen LogP) is 11.4. The largest absolute Gasteiger partial charge is 0.452 e. The highest BCUT2D eigenvalue weighted by molar-refractivity contribution is 6.25. The zero-order valence-corrected chi connectivity index (χ0v) is 26.2. The molecule has 0 amide bonds. The SMILES string of the molecule is c1ccc(-c2nc(-n3c4ccccc4c4cc5c6c7ccccc7ccc6n(-c6ccccc6)c5cc43)nc3c2oc2ccccc23)cc1. The average molecular weight is 627 g/mol. The minimum Gasteiger partial charge on any atom is -0.452 e. The van der Waals surface area contributed by atoms with Crippen LogP contribution in [0.3, 0.4) is 0 Å². The van der Waals surface area contributed by atoms with E-state index in [2.05, 4.69) is 130 Å². The van der Waals surface area contributed by atoms with E-state index >= 15 is 0 Å². The number of rotatable bonds is 3. The number of fused-ring (bicyclic) bond motifs is 11. The van der Waals surface area contributed by atoms with Gasteiger partial charge in [-0.1, -0.05) is 109 Å². The van der Waals surface area contributed by atoms with Crippen LogP contribution in [-0.2, 0) is 0 Å². The number of hydrogen-bond acceptors (Lipinski definition) is 3. The van der Waals surface area contributed by atoms with E-state index in [1.807, 2.05) is 36.4 Å². The van der Waals surface area contributed by atoms with Gasteiger partial charge in [-0.2, -0.15) is 0 Å². The van der Waals surface area contributed by atoms with Gasteiger partial charge in [0.2, 0.25) is 5.95 Å². The van der Waals surface area contributed by atoms with E-state index in [-0.39, 0.29) is 0 Å². The Hall–Kier alpha value is -6.72. The smallest absolute Gasteiger partial charge is 0.236 e. The molecule has 11 rings (SSSR count). The lowest BCUT2D eigenvalue weighted by atomic mass is 10.0. The maximum Gasteiger partial charge on any atom is 0.236 e. The maximum atomic E-state index is 6.44. The third-order valence-corrected chi connectivity index (χ3v) is 9.92. The van der Waals surface area contributed by atoms with Crippen LogP contribution >= 0.6 is 0 Å². The molecule has 0 aliphatic heterocycles. The molecule has 49 heavy (non-hydrogen) atoms. The number of benzene rings is 7. The van der Waals surface area contributed by atoms with Crippen LogP contribution in [0.25, 0.3) is 99.3 Å². The second kappa shape index (κ2) is 9.89. The van der Waals surface area contributed by atoms with Gasteiger partial charge < -0.3 is 8.98 Å². The molecule has 4 aromatic heterocycles. The molecule has 4 heterocycles. The fourth-order valence-corrected chi connectivity index (χ4v) is 7.79. The molecule has 0 atom stereocenters. The standard InChI is InChI=1S/C44H26N4O/c1-3-14-28(15-4-1)41-43-42(32-20-10-12-22-39(32)49-43)46-44(45-41)48-35-21-11-9-19-31(35)33-25-34-38(26-37(33)48)47(29-16-5-2-6-17-29)36-24-23-27-13-7-8-18-30(27)40(34)36/h1-26H. The molecule has 228 valence electrons. The Morgan fingerprint density at radius 3 is 2.00 bits per heavy atom. The Balaban J connectivity index is 1.32. The van der Waals surface area contributed by atoms with Crippen LogP contribution in [0.1, 0.15) is 0 Å². The molecule has 5 heteroatoms. The average Bonchev–Trinajstić information content (AvgIpc) is 3.81. The van der Waals surface area contributed by atoms with E-state index in [9.17, 15) is 0 Å². The second-order valence-electron chi connectivity index (χ2n) is 12.6. The lowest BCUT2D eigenvalue weighted by Gasteiger charge is -2.10. The summed E-state index contributed by atoms with van der Waals surface area (Å²) in [6, 6.07) is 55.4. The van der Waals surface area contributed by atoms with E-state index in [4.69, 9.17) is 14.4 Å². The fourth-order valence-electron chi connectivity index (χ4n) is 7.79. The Morgan fingerprint density at radius 2 is 1.14 bits per heavy atom. The Labute approximate surface area is 279 Å². The highest BCUT2D eigenvalue weighted by Gasteiger charge is 2.23. The predicted molar refractivity (Wildman–Crippen MR) is 201 cm³/mol. The van der Waals surface area contributed by atoms with Crippen LogP contribution < -0.4 is 0 Å². The fraction of sp³-hybridized carbons (Fsp3) is 0. The highest BCUT2D eigenvalue weighted by atomic mass is 16.3. The third-order valence-electron chi connectivity index (χ3n) is 9.92. The van der Waals surface area contributed by atoms with Crippen LogP contribution in [0.4, 0.5) is 0 Å². The molecule has 0 radical (unpaired) electrons. The van der Waals surface area contributed by atoms with Crippen LogP contribution in [0.5, 0.6) is 0 Å². The van der Waals surface area contributed by atoms with Gasteiger partial charge in [0, 0.05) is 38.2 Å². The Bertz CT molecular complexity index is 3100. The summed E-state index contributed by atoms with van der Waals surface area (Å²) in [5.74, 6) is 0.608. The lowest BCUT2D eigenvalue weighted by molar-refractivity contribution is 0.666. The van der Waals surface area contributed by atoms with Crippen LogP contribution in [-0.4, -0.2) is 19.1 Å². The van der Waals surface area contributed by atoms with Crippen molar-refractivity contribution in [1.29, 1.82) is 0 Å². The van der Waals surface area contributed by atoms with Crippen molar-refractivity contribution in [3.05, 3.63) is 158 Å². The molecule has 0 N–H and O–H groups in total. The maximum absolute atomic E-state index is 6.44. The Kier molecular flexibility index (Phi) is 5.32. The van der Waals surface area contributed by atoms with Gasteiger partial charge in [-0.15, -0.1) is 0 Å². The van der Waals surface area contributed by atoms with E-state index in [0.29, 0.717) is 11.5 Å². The van der Waals surface area contributed by atoms with Crippen molar-refractivity contribution in [2.75, 3.05) is 0 Å². The number of nitrogens with zero attached hydrogens (tertiary/aromatic N) is 4. The first-order valence-electron chi connectivity index (χ1n) is 16.5. The minimum absolute atomic E-state index is 0.608. The zero-order chi connectivity index (χ0) is 32.1. The summed E-state index contributed by atoms with van der Waals surface area (Å²) >= 11 is 0. The second-order valence-corrected chi connectivity index (χ2v) is 12.6. The molecule has 11 aromatic rings. The number of aromatic nitrogens is 4. The molecular weight excluding hydrogens is 601 g/mol. The first-order valence-corrected chi connectivity index (χ1v) is 16.5. The normalized spacial score (nSPS) is 12.1. The van der Waals surface area contributed by atoms with Crippen LogP contribution in [0.15, 0.2) is 162 Å². The van der Waals surface area contributed by atoms with Crippen molar-refractivity contribution in [2.24, 2.45) is 0 Å². The van der Waals surface area contributed by atoms with E-state index in [1.54, 1.807) is 0 Å². The summed E-state index contributed by atoms with van der Waals surface area (Å²) in [5, 5.41) is 8.23. The molecular formula is C44H26N4O. The van der Waals surface area contributed by atoms with Gasteiger partial charge in [0.1, 0.15) is 16.8 Å². The summed E-state index contributed by atoms with van der Waals surface area (Å²) < 4.78 is 11.1. The third kappa shape index (κ3) is 3.70. The first kappa shape index (κ1) is 26.4. The molecule has 5 nitrogen and oxygen atoms in total. The van der Waals surface area contributed by atoms with Crippen LogP contribution in [0, 0.1) is 0 Å². The molecule has 0 saturated heterocycles. The molecule has 0 bridgehead atoms. The molecule has 0 saturated carbocycles. The summed E-state index contributed by atoms with van der Waals surface area (Å²) in [4.78, 5) is 10.6. The topological polar surface area (TPSA) is 48.8 Å². The molecule has 0 fully saturated rings. The van der Waals surface area contributed by atoms with Gasteiger partial charge in [0.25, 0.3) is 0 Å². The van der Waals surface area contributed by atoms with Gasteiger partial charge in [0.15, 0.2) is 5.58 Å². The number of para-hydroxylation sites is 3. The van der Waals surface area contributed by atoms with Crippen molar-refractivity contribution >= 4 is 76.5 Å². The quantitative estimate of drug-likeness (QED) is 0.196. The monoisotopic (exact) mass is 626 g/mol. The number of furan rings is 1. The molecule has 0 aliphatic rings. The van der Waals surface area contributed by atoms with E-state index < -0.39 is 0 Å². The molecule has 0 unspecified atom stereocenters. The van der Waals surface area contributed by atoms with E-state index in [0.717, 1.165) is 60.8 Å². The summed E-state index contributed by atoms with van der Waals surface area (Å²) in [7, 11) is 0. The van der Waals surface area contributed by atoms with E-state index in [1.165, 1.54) is 27.1 Å². The minimum atomic E-state index is 0.608. The molecule has 0 aliphatic carbocycles. The van der Waals surface area contributed by atoms with Crippen molar-refractivity contribution in [1.82, 2.24) is 19.1 Å². The lowest BCUT2D eigenvalue weighted by Crippen LogP contribution is -2.03. The highest BCUT2D eigenvalue weighted by Crippen LogP contribution is 2.42. The molecule has 7 aromatic carbocycles. The van der Waals surface area contributed by atoms with Gasteiger partial charge in [0.05, 0.1) is 22.1 Å². The number of hydrogen-bond donors (Lipinski definition) is 0. The first-order chi connectivity index (χ1) is 24.3. The Morgan fingerprint density at radius 1 is 0.449 bits per heavy atom. The van der Waals surface area contributed by atoms with Crippen molar-refractivity contribution in [3.63, 3.8) is 0 Å². The zero-order valence-electron chi connectivity index (χ0n) is 26.2. The molecule has 0 spiro atoms. The summed E-state index contributed by atoms with van der Waals surface area (Å²) in [6.45, 7) is 0. The van der Waals surface area contributed by atoms with Crippen LogP contribution in [0.2, 0.25) is 0 Å².